The van der Waals surface area contributed by atoms with E-state index in [1.54, 1.807) is 0 Å². The van der Waals surface area contributed by atoms with Gasteiger partial charge in [0.05, 0.1) is 22.7 Å². The number of rotatable bonds is 3. The lowest BCUT2D eigenvalue weighted by Gasteiger charge is -2.45. The van der Waals surface area contributed by atoms with Crippen molar-refractivity contribution in [1.82, 2.24) is 0 Å². The van der Waals surface area contributed by atoms with Crippen molar-refractivity contribution in [3.63, 3.8) is 0 Å². The maximum Gasteiger partial charge on any atom is 0.297 e. The van der Waals surface area contributed by atoms with Gasteiger partial charge in [-0.2, -0.15) is 0 Å². The lowest BCUT2D eigenvalue weighted by atomic mass is 9.35. The number of furan rings is 1. The number of hydrogen-bond acceptors (Lipinski definition) is 5. The molecular formula is C58H63BN2O3. The van der Waals surface area contributed by atoms with E-state index in [2.05, 4.69) is 210 Å². The second-order valence-electron chi connectivity index (χ2n) is 22.7. The number of fused-ring (bicyclic) bond motifs is 7. The van der Waals surface area contributed by atoms with Crippen LogP contribution in [0.1, 0.15) is 116 Å². The fourth-order valence-electron chi connectivity index (χ4n) is 10.2. The summed E-state index contributed by atoms with van der Waals surface area (Å²) in [6.07, 6.45) is 0. The molecule has 6 heteroatoms. The van der Waals surface area contributed by atoms with Gasteiger partial charge < -0.3 is 23.7 Å². The number of aryl methyl sites for hydroxylation is 2. The van der Waals surface area contributed by atoms with Gasteiger partial charge in [-0.25, -0.2) is 0 Å². The molecule has 64 heavy (non-hydrogen) atoms. The van der Waals surface area contributed by atoms with Gasteiger partial charge in [0, 0.05) is 34.1 Å². The topological polar surface area (TPSA) is 38.1 Å². The van der Waals surface area contributed by atoms with Crippen LogP contribution in [-0.2, 0) is 21.7 Å². The summed E-state index contributed by atoms with van der Waals surface area (Å²) in [5.41, 5.74) is 20.7. The van der Waals surface area contributed by atoms with Crippen molar-refractivity contribution >= 4 is 68.4 Å². The predicted molar refractivity (Wildman–Crippen MR) is 271 cm³/mol. The molecule has 0 amide bonds. The van der Waals surface area contributed by atoms with Crippen molar-refractivity contribution in [1.29, 1.82) is 0 Å². The number of hydrogen-bond donors (Lipinski definition) is 0. The van der Waals surface area contributed by atoms with Crippen LogP contribution in [0.2, 0.25) is 0 Å². The molecule has 0 fully saturated rings. The van der Waals surface area contributed by atoms with Crippen molar-refractivity contribution in [3.05, 3.63) is 137 Å². The molecule has 0 aliphatic carbocycles. The van der Waals surface area contributed by atoms with Crippen LogP contribution in [0.4, 0.5) is 34.1 Å². The first kappa shape index (κ1) is 42.1. The summed E-state index contributed by atoms with van der Waals surface area (Å²) in [6, 6.07) is 39.0. The lowest BCUT2D eigenvalue weighted by molar-refractivity contribution is 0.172. The number of ether oxygens (including phenoxy) is 2. The monoisotopic (exact) mass is 846 g/mol. The van der Waals surface area contributed by atoms with E-state index in [-0.39, 0.29) is 28.4 Å². The third-order valence-electron chi connectivity index (χ3n) is 13.8. The predicted octanol–water partition coefficient (Wildman–Crippen LogP) is 13.8. The molecule has 326 valence electrons. The summed E-state index contributed by atoms with van der Waals surface area (Å²) in [5, 5.41) is 1.13. The lowest BCUT2D eigenvalue weighted by Crippen LogP contribution is -2.61. The smallest absolute Gasteiger partial charge is 0.297 e. The Morgan fingerprint density at radius 1 is 0.484 bits per heavy atom. The largest absolute Gasteiger partial charge is 0.486 e. The minimum absolute atomic E-state index is 0.00436. The minimum atomic E-state index is -0.235. The van der Waals surface area contributed by atoms with Crippen LogP contribution in [0.25, 0.3) is 22.1 Å². The van der Waals surface area contributed by atoms with E-state index in [1.165, 1.54) is 61.3 Å². The molecule has 0 radical (unpaired) electrons. The molecule has 6 aromatic carbocycles. The van der Waals surface area contributed by atoms with Gasteiger partial charge in [0.25, 0.3) is 6.71 Å². The number of nitrogens with zero attached hydrogens (tertiary/aromatic N) is 2. The molecule has 5 nitrogen and oxygen atoms in total. The van der Waals surface area contributed by atoms with Crippen LogP contribution in [0.5, 0.6) is 11.5 Å². The first-order valence-electron chi connectivity index (χ1n) is 23.2. The van der Waals surface area contributed by atoms with Crippen molar-refractivity contribution in [2.75, 3.05) is 23.0 Å². The average Bonchev–Trinajstić information content (AvgIpc) is 3.61. The van der Waals surface area contributed by atoms with Crippen molar-refractivity contribution < 1.29 is 13.9 Å². The summed E-state index contributed by atoms with van der Waals surface area (Å²) in [6.45, 7) is 33.1. The Hall–Kier alpha value is -5.88. The number of benzene rings is 6. The Morgan fingerprint density at radius 2 is 1.03 bits per heavy atom. The maximum atomic E-state index is 7.37. The zero-order valence-electron chi connectivity index (χ0n) is 40.4. The fourth-order valence-corrected chi connectivity index (χ4v) is 10.2. The van der Waals surface area contributed by atoms with Crippen LogP contribution >= 0.6 is 0 Å². The van der Waals surface area contributed by atoms with E-state index in [4.69, 9.17) is 13.9 Å². The number of anilines is 6. The van der Waals surface area contributed by atoms with E-state index in [1.807, 2.05) is 0 Å². The zero-order valence-corrected chi connectivity index (χ0v) is 40.4. The molecule has 0 saturated heterocycles. The van der Waals surface area contributed by atoms with Gasteiger partial charge in [-0.15, -0.1) is 0 Å². The van der Waals surface area contributed by atoms with Gasteiger partial charge in [0.15, 0.2) is 11.5 Å². The second-order valence-corrected chi connectivity index (χ2v) is 22.7. The van der Waals surface area contributed by atoms with Gasteiger partial charge in [-0.05, 0) is 128 Å². The first-order valence-corrected chi connectivity index (χ1v) is 23.2. The molecule has 1 aromatic heterocycles. The molecule has 3 aliphatic heterocycles. The van der Waals surface area contributed by atoms with E-state index in [9.17, 15) is 0 Å². The van der Waals surface area contributed by atoms with E-state index < -0.39 is 0 Å². The standard InChI is InChI=1S/C58H63BN2O3/c1-34-26-39(57(9,10)11)27-35(2)52(34)61-47-31-40(58(12,13)14)30-46-51(47)59(54-53(61)42-29-38(56(6,7)8)21-23-48(42)64-54)43-32-49-50(63-25-24-62-49)33-45(43)60(46)44-22-20-37(55(3,4)5)28-41(44)36-18-16-15-17-19-36/h15-23,26-33H,24-25H2,1-14H3. The zero-order chi connectivity index (χ0) is 45.4. The van der Waals surface area contributed by atoms with E-state index in [0.29, 0.717) is 13.2 Å². The molecule has 4 heterocycles. The molecule has 10 rings (SSSR count). The highest BCUT2D eigenvalue weighted by atomic mass is 16.6. The molecular weight excluding hydrogens is 783 g/mol. The summed E-state index contributed by atoms with van der Waals surface area (Å²) < 4.78 is 20.3. The Bertz CT molecular complexity index is 3000. The van der Waals surface area contributed by atoms with Crippen LogP contribution in [0.15, 0.2) is 108 Å². The minimum Gasteiger partial charge on any atom is -0.486 e. The van der Waals surface area contributed by atoms with Gasteiger partial charge in [0.1, 0.15) is 18.8 Å². The molecule has 7 aromatic rings. The quantitative estimate of drug-likeness (QED) is 0.166. The average molecular weight is 847 g/mol. The van der Waals surface area contributed by atoms with Crippen LogP contribution < -0.4 is 35.9 Å². The summed E-state index contributed by atoms with van der Waals surface area (Å²) in [4.78, 5) is 5.11. The molecule has 0 bridgehead atoms. The second kappa shape index (κ2) is 14.3. The third-order valence-corrected chi connectivity index (χ3v) is 13.8. The highest BCUT2D eigenvalue weighted by Crippen LogP contribution is 2.53. The highest BCUT2D eigenvalue weighted by molar-refractivity contribution is 7.00. The van der Waals surface area contributed by atoms with Gasteiger partial charge in [0.2, 0.25) is 0 Å². The fraction of sp³-hybridized carbons (Fsp3) is 0.345. The van der Waals surface area contributed by atoms with Crippen LogP contribution in [0, 0.1) is 13.8 Å². The maximum absolute atomic E-state index is 7.37. The summed E-state index contributed by atoms with van der Waals surface area (Å²) in [5.74, 6) is 1.53. The van der Waals surface area contributed by atoms with Crippen molar-refractivity contribution in [2.45, 2.75) is 119 Å². The molecule has 0 saturated carbocycles. The van der Waals surface area contributed by atoms with Gasteiger partial charge in [-0.1, -0.05) is 138 Å². The highest BCUT2D eigenvalue weighted by Gasteiger charge is 2.49. The Balaban J connectivity index is 1.38. The van der Waals surface area contributed by atoms with Crippen LogP contribution in [-0.4, -0.2) is 19.9 Å². The Labute approximate surface area is 381 Å². The summed E-state index contributed by atoms with van der Waals surface area (Å²) in [7, 11) is 0. The molecule has 0 atom stereocenters. The van der Waals surface area contributed by atoms with Gasteiger partial charge in [-0.3, -0.25) is 0 Å². The Morgan fingerprint density at radius 3 is 1.64 bits per heavy atom. The van der Waals surface area contributed by atoms with E-state index in [0.717, 1.165) is 56.3 Å². The summed E-state index contributed by atoms with van der Waals surface area (Å²) >= 11 is 0. The SMILES string of the molecule is Cc1cc(C(C)(C)C)cc(C)c1N1c2cc(C(C)(C)C)cc3c2B(c2cc4c(cc2N3c2ccc(C(C)(C)C)cc2-c2ccccc2)OCCO4)c2oc3ccc(C(C)(C)C)cc3c21. The Kier molecular flexibility index (Phi) is 9.41. The van der Waals surface area contributed by atoms with Crippen molar-refractivity contribution in [2.24, 2.45) is 0 Å². The molecule has 3 aliphatic rings. The third kappa shape index (κ3) is 6.74. The van der Waals surface area contributed by atoms with Gasteiger partial charge >= 0.3 is 0 Å². The molecule has 0 spiro atoms. The van der Waals surface area contributed by atoms with Crippen molar-refractivity contribution in [3.8, 4) is 22.6 Å². The molecule has 0 unspecified atom stereocenters. The van der Waals surface area contributed by atoms with E-state index >= 15 is 0 Å². The van der Waals surface area contributed by atoms with Crippen LogP contribution in [0.3, 0.4) is 0 Å². The molecule has 0 N–H and O–H groups in total. The first-order chi connectivity index (χ1) is 30.1. The normalized spacial score (nSPS) is 14.8.